The van der Waals surface area contributed by atoms with Gasteiger partial charge in [-0.05, 0) is 122 Å². The van der Waals surface area contributed by atoms with Gasteiger partial charge in [-0.2, -0.15) is 0 Å². The molecule has 0 bridgehead atoms. The third-order valence-corrected chi connectivity index (χ3v) is 22.3. The highest BCUT2D eigenvalue weighted by atomic mass is 31.2. The van der Waals surface area contributed by atoms with Crippen molar-refractivity contribution in [3.63, 3.8) is 0 Å². The summed E-state index contributed by atoms with van der Waals surface area (Å²) >= 11 is 0. The second kappa shape index (κ2) is 22.1. The average Bonchev–Trinajstić information content (AvgIpc) is 3.38. The summed E-state index contributed by atoms with van der Waals surface area (Å²) in [5.41, 5.74) is -1.69. The van der Waals surface area contributed by atoms with E-state index in [0.29, 0.717) is 48.2 Å². The Morgan fingerprint density at radius 2 is 0.529 bits per heavy atom. The molecule has 9 rings (SSSR count). The van der Waals surface area contributed by atoms with Crippen LogP contribution in [0.5, 0.6) is 23.0 Å². The summed E-state index contributed by atoms with van der Waals surface area (Å²) in [7, 11) is -10.6. The molecule has 1 fully saturated rings. The summed E-state index contributed by atoms with van der Waals surface area (Å²) in [6.07, 6.45) is 4.40. The lowest BCUT2D eigenvalue weighted by Crippen LogP contribution is -2.55. The van der Waals surface area contributed by atoms with E-state index in [1.807, 2.05) is 121 Å². The first-order valence-electron chi connectivity index (χ1n) is 23.2. The fourth-order valence-electron chi connectivity index (χ4n) is 9.72. The molecule has 0 aliphatic heterocycles. The molecule has 0 spiro atoms. The third kappa shape index (κ3) is 11.7. The zero-order valence-corrected chi connectivity index (χ0v) is 41.6. The molecule has 0 saturated heterocycles. The van der Waals surface area contributed by atoms with Crippen LogP contribution in [0.4, 0.5) is 0 Å². The van der Waals surface area contributed by atoms with Crippen molar-refractivity contribution in [2.45, 2.75) is 25.7 Å². The molecule has 2 atom stereocenters. The Balaban J connectivity index is 1.32. The van der Waals surface area contributed by atoms with E-state index in [1.165, 1.54) is 21.2 Å². The molecule has 8 aromatic rings. The molecule has 0 radical (unpaired) electrons. The minimum absolute atomic E-state index is 0.0473. The van der Waals surface area contributed by atoms with Gasteiger partial charge < -0.3 is 18.1 Å². The van der Waals surface area contributed by atoms with Crippen molar-refractivity contribution >= 4 is 52.3 Å². The van der Waals surface area contributed by atoms with Crippen LogP contribution in [0.3, 0.4) is 0 Å². The van der Waals surface area contributed by atoms with E-state index in [1.54, 1.807) is 0 Å². The van der Waals surface area contributed by atoms with Crippen molar-refractivity contribution < 1.29 is 27.2 Å². The Kier molecular flexibility index (Phi) is 15.4. The lowest BCUT2D eigenvalue weighted by Gasteiger charge is -2.57. The van der Waals surface area contributed by atoms with Gasteiger partial charge in [0.15, 0.2) is 0 Å². The summed E-state index contributed by atoms with van der Waals surface area (Å²) in [6.45, 7) is 0. The van der Waals surface area contributed by atoms with Crippen molar-refractivity contribution in [3.05, 3.63) is 243 Å². The van der Waals surface area contributed by atoms with Crippen molar-refractivity contribution in [3.8, 4) is 23.0 Å². The summed E-state index contributed by atoms with van der Waals surface area (Å²) < 4.78 is 60.5. The Bertz CT molecular complexity index is 2500. The lowest BCUT2D eigenvalue weighted by atomic mass is 9.59. The minimum atomic E-state index is -4.16. The van der Waals surface area contributed by atoms with Crippen molar-refractivity contribution in [2.24, 2.45) is 10.8 Å². The number of hydrogen-bond donors (Lipinski definition) is 0. The first-order valence-corrected chi connectivity index (χ1v) is 29.7. The number of rotatable bonds is 20. The molecule has 10 heteroatoms. The SMILES string of the molecule is O=P(C[C@@]1(CP(c2ccccc2)c2ccccc2)CCCC[C@@]1(CP(c1ccccc1)c1ccccc1)CP(=O)(Oc1ccccc1)Oc1ccccc1)(Oc1ccccc1)Oc1ccccc1. The van der Waals surface area contributed by atoms with Crippen LogP contribution in [-0.2, 0) is 9.13 Å². The van der Waals surface area contributed by atoms with Gasteiger partial charge in [0, 0.05) is 0 Å². The maximum atomic E-state index is 16.6. The van der Waals surface area contributed by atoms with E-state index in [0.717, 1.165) is 12.8 Å². The zero-order valence-electron chi connectivity index (χ0n) is 38.0. The molecule has 6 nitrogen and oxygen atoms in total. The highest BCUT2D eigenvalue weighted by Gasteiger charge is 2.61. The van der Waals surface area contributed by atoms with Gasteiger partial charge >= 0.3 is 15.2 Å². The highest BCUT2D eigenvalue weighted by molar-refractivity contribution is 7.73. The van der Waals surface area contributed by atoms with Gasteiger partial charge in [0.2, 0.25) is 0 Å². The summed E-state index contributed by atoms with van der Waals surface area (Å²) in [4.78, 5) is 0. The molecular weight excluding hydrogens is 917 g/mol. The van der Waals surface area contributed by atoms with Crippen LogP contribution in [0.1, 0.15) is 25.7 Å². The molecule has 0 unspecified atom stereocenters. The predicted octanol–water partition coefficient (Wildman–Crippen LogP) is 14.5. The van der Waals surface area contributed by atoms with Gasteiger partial charge in [0.05, 0.1) is 12.3 Å². The quantitative estimate of drug-likeness (QED) is 0.0709. The molecule has 0 amide bonds. The predicted molar refractivity (Wildman–Crippen MR) is 284 cm³/mol. The molecule has 1 saturated carbocycles. The fourth-order valence-corrected chi connectivity index (χ4v) is 20.7. The fraction of sp³-hybridized carbons (Fsp3) is 0.172. The van der Waals surface area contributed by atoms with Gasteiger partial charge in [0.1, 0.15) is 23.0 Å². The van der Waals surface area contributed by atoms with E-state index in [-0.39, 0.29) is 12.3 Å². The van der Waals surface area contributed by atoms with Crippen molar-refractivity contribution in [1.29, 1.82) is 0 Å². The minimum Gasteiger partial charge on any atom is -0.416 e. The van der Waals surface area contributed by atoms with Gasteiger partial charge in [-0.15, -0.1) is 0 Å². The smallest absolute Gasteiger partial charge is 0.416 e. The first-order chi connectivity index (χ1) is 33.3. The molecule has 8 aromatic carbocycles. The van der Waals surface area contributed by atoms with E-state index in [2.05, 4.69) is 121 Å². The van der Waals surface area contributed by atoms with E-state index < -0.39 is 41.9 Å². The summed E-state index contributed by atoms with van der Waals surface area (Å²) in [5, 5.41) is 4.81. The van der Waals surface area contributed by atoms with Crippen LogP contribution < -0.4 is 39.3 Å². The molecule has 0 aromatic heterocycles. The molecule has 0 N–H and O–H groups in total. The second-order valence-electron chi connectivity index (χ2n) is 17.4. The monoisotopic (exact) mass is 972 g/mol. The molecule has 344 valence electrons. The first kappa shape index (κ1) is 47.4. The van der Waals surface area contributed by atoms with Gasteiger partial charge in [0.25, 0.3) is 0 Å². The zero-order chi connectivity index (χ0) is 46.5. The van der Waals surface area contributed by atoms with Gasteiger partial charge in [-0.1, -0.05) is 207 Å². The van der Waals surface area contributed by atoms with Crippen molar-refractivity contribution in [2.75, 3.05) is 24.6 Å². The molecule has 0 heterocycles. The maximum Gasteiger partial charge on any atom is 0.431 e. The normalized spacial score (nSPS) is 17.3. The van der Waals surface area contributed by atoms with Crippen LogP contribution in [0.2, 0.25) is 0 Å². The number of hydrogen-bond acceptors (Lipinski definition) is 6. The molecule has 1 aliphatic rings. The molecule has 1 aliphatic carbocycles. The average molecular weight is 973 g/mol. The Labute approximate surface area is 404 Å². The van der Waals surface area contributed by atoms with E-state index in [9.17, 15) is 0 Å². The maximum absolute atomic E-state index is 16.6. The lowest BCUT2D eigenvalue weighted by molar-refractivity contribution is 0.0579. The van der Waals surface area contributed by atoms with Crippen molar-refractivity contribution in [1.82, 2.24) is 0 Å². The van der Waals surface area contributed by atoms with Crippen LogP contribution in [0, 0.1) is 10.8 Å². The number of benzene rings is 8. The Hall–Kier alpha value is -5.72. The van der Waals surface area contributed by atoms with E-state index >= 15 is 9.13 Å². The van der Waals surface area contributed by atoms with Crippen LogP contribution in [0.15, 0.2) is 243 Å². The van der Waals surface area contributed by atoms with Gasteiger partial charge in [-0.25, -0.2) is 9.13 Å². The van der Waals surface area contributed by atoms with Crippen LogP contribution >= 0.6 is 31.0 Å². The molecule has 68 heavy (non-hydrogen) atoms. The van der Waals surface area contributed by atoms with E-state index in [4.69, 9.17) is 18.1 Å². The Morgan fingerprint density at radius 3 is 0.750 bits per heavy atom. The highest BCUT2D eigenvalue weighted by Crippen LogP contribution is 2.70. The second-order valence-corrected chi connectivity index (χ2v) is 25.7. The number of para-hydroxylation sites is 4. The third-order valence-electron chi connectivity index (χ3n) is 12.8. The largest absolute Gasteiger partial charge is 0.431 e. The van der Waals surface area contributed by atoms with Gasteiger partial charge in [-0.3, -0.25) is 0 Å². The Morgan fingerprint density at radius 1 is 0.324 bits per heavy atom. The molecular formula is C58H56O6P4. The topological polar surface area (TPSA) is 71.1 Å². The summed E-state index contributed by atoms with van der Waals surface area (Å²) in [5.74, 6) is 1.83. The standard InChI is InChI=1S/C58H56O6P4/c59-67(61-49-27-9-1-10-28-49,62-50-29-11-2-12-30-50)47-57(45-65(53-35-17-5-18-36-53)54-37-19-6-20-38-54)43-25-26-44-58(57,46-66(55-39-21-7-22-40-55)56-41-23-8-24-42-56)48-68(60,63-51-31-13-3-14-32-51)64-52-33-15-4-16-34-52/h1-24,27-42H,25-26,43-48H2/t57-,58+. The van der Waals surface area contributed by atoms with Crippen LogP contribution in [-0.4, -0.2) is 24.6 Å². The summed E-state index contributed by atoms with van der Waals surface area (Å²) in [6, 6.07) is 80.3. The van der Waals surface area contributed by atoms with Crippen LogP contribution in [0.25, 0.3) is 0 Å².